The van der Waals surface area contributed by atoms with Crippen molar-refractivity contribution in [3.05, 3.63) is 29.3 Å². The second kappa shape index (κ2) is 7.33. The summed E-state index contributed by atoms with van der Waals surface area (Å²) in [5.74, 6) is 0.202. The van der Waals surface area contributed by atoms with E-state index in [1.54, 1.807) is 0 Å². The number of hydrogen-bond donors (Lipinski definition) is 1. The third kappa shape index (κ3) is 4.52. The van der Waals surface area contributed by atoms with Crippen LogP contribution in [0.3, 0.4) is 0 Å². The van der Waals surface area contributed by atoms with Gasteiger partial charge in [0.25, 0.3) is 0 Å². The standard InChI is InChI=1S/C18H27N3O3S/c1-14-4-3-5-17(15(14)2)21-9-7-20(8-10-21)12-18(22)19-16-6-11-25(23,24)13-16/h3-5,16H,6-13H2,1-2H3,(H,19,22)/t16-/m0/s1. The molecule has 2 aliphatic heterocycles. The quantitative estimate of drug-likeness (QED) is 0.852. The Morgan fingerprint density at radius 3 is 2.56 bits per heavy atom. The molecule has 0 unspecified atom stereocenters. The molecule has 1 aromatic rings. The van der Waals surface area contributed by atoms with Crippen LogP contribution in [0.5, 0.6) is 0 Å². The first kappa shape index (κ1) is 18.2. The summed E-state index contributed by atoms with van der Waals surface area (Å²) < 4.78 is 22.9. The van der Waals surface area contributed by atoms with E-state index in [0.29, 0.717) is 13.0 Å². The molecule has 0 aromatic heterocycles. The number of sulfone groups is 1. The second-order valence-corrected chi connectivity index (χ2v) is 9.38. The van der Waals surface area contributed by atoms with Gasteiger partial charge in [0.2, 0.25) is 5.91 Å². The molecule has 138 valence electrons. The molecule has 1 aromatic carbocycles. The van der Waals surface area contributed by atoms with Gasteiger partial charge in [-0.25, -0.2) is 8.42 Å². The largest absolute Gasteiger partial charge is 0.369 e. The van der Waals surface area contributed by atoms with Crippen LogP contribution >= 0.6 is 0 Å². The van der Waals surface area contributed by atoms with Crippen molar-refractivity contribution in [2.75, 3.05) is 49.1 Å². The van der Waals surface area contributed by atoms with Crippen LogP contribution in [-0.4, -0.2) is 69.5 Å². The van der Waals surface area contributed by atoms with Crippen LogP contribution in [0.25, 0.3) is 0 Å². The Bertz CT molecular complexity index is 740. The van der Waals surface area contributed by atoms with Crippen LogP contribution in [-0.2, 0) is 14.6 Å². The first-order valence-electron chi connectivity index (χ1n) is 8.87. The molecule has 2 fully saturated rings. The van der Waals surface area contributed by atoms with Crippen molar-refractivity contribution in [2.24, 2.45) is 0 Å². The molecule has 0 saturated carbocycles. The third-order valence-corrected chi connectivity index (χ3v) is 7.02. The molecule has 3 rings (SSSR count). The third-order valence-electron chi connectivity index (χ3n) is 5.25. The van der Waals surface area contributed by atoms with Gasteiger partial charge in [-0.15, -0.1) is 0 Å². The van der Waals surface area contributed by atoms with E-state index in [0.717, 1.165) is 26.2 Å². The van der Waals surface area contributed by atoms with E-state index in [2.05, 4.69) is 47.2 Å². The normalized spacial score (nSPS) is 23.6. The van der Waals surface area contributed by atoms with Gasteiger partial charge in [-0.1, -0.05) is 12.1 Å². The number of amides is 1. The highest BCUT2D eigenvalue weighted by atomic mass is 32.2. The fraction of sp³-hybridized carbons (Fsp3) is 0.611. The minimum atomic E-state index is -2.95. The number of carbonyl (C=O) groups excluding carboxylic acids is 1. The Labute approximate surface area is 150 Å². The van der Waals surface area contributed by atoms with Crippen molar-refractivity contribution in [3.63, 3.8) is 0 Å². The molecule has 2 heterocycles. The summed E-state index contributed by atoms with van der Waals surface area (Å²) in [6.45, 7) is 8.10. The maximum atomic E-state index is 12.2. The van der Waals surface area contributed by atoms with Crippen molar-refractivity contribution in [2.45, 2.75) is 26.3 Å². The molecule has 0 spiro atoms. The Hall–Kier alpha value is -1.60. The fourth-order valence-electron chi connectivity index (χ4n) is 3.61. The summed E-state index contributed by atoms with van der Waals surface area (Å²) in [5, 5.41) is 2.87. The molecule has 1 amide bonds. The van der Waals surface area contributed by atoms with Crippen LogP contribution in [0.15, 0.2) is 18.2 Å². The number of carbonyl (C=O) groups is 1. The van der Waals surface area contributed by atoms with Crippen molar-refractivity contribution in [1.82, 2.24) is 10.2 Å². The van der Waals surface area contributed by atoms with Gasteiger partial charge in [-0.05, 0) is 37.5 Å². The molecule has 6 nitrogen and oxygen atoms in total. The van der Waals surface area contributed by atoms with Crippen LogP contribution in [0.2, 0.25) is 0 Å². The number of rotatable bonds is 4. The number of anilines is 1. The Morgan fingerprint density at radius 1 is 1.20 bits per heavy atom. The number of nitrogens with one attached hydrogen (secondary N) is 1. The minimum absolute atomic E-state index is 0.0673. The molecular formula is C18H27N3O3S. The van der Waals surface area contributed by atoms with Gasteiger partial charge in [-0.3, -0.25) is 9.69 Å². The molecule has 1 atom stereocenters. The van der Waals surface area contributed by atoms with Crippen molar-refractivity contribution < 1.29 is 13.2 Å². The monoisotopic (exact) mass is 365 g/mol. The van der Waals surface area contributed by atoms with Gasteiger partial charge < -0.3 is 10.2 Å². The van der Waals surface area contributed by atoms with Gasteiger partial charge in [0, 0.05) is 37.9 Å². The van der Waals surface area contributed by atoms with E-state index in [4.69, 9.17) is 0 Å². The lowest BCUT2D eigenvalue weighted by molar-refractivity contribution is -0.122. The van der Waals surface area contributed by atoms with Crippen LogP contribution in [0.1, 0.15) is 17.5 Å². The van der Waals surface area contributed by atoms with Crippen LogP contribution < -0.4 is 10.2 Å². The molecule has 25 heavy (non-hydrogen) atoms. The average Bonchev–Trinajstić information content (AvgIpc) is 2.89. The highest BCUT2D eigenvalue weighted by molar-refractivity contribution is 7.91. The lowest BCUT2D eigenvalue weighted by Crippen LogP contribution is -2.50. The highest BCUT2D eigenvalue weighted by Crippen LogP contribution is 2.23. The Morgan fingerprint density at radius 2 is 1.92 bits per heavy atom. The number of nitrogens with zero attached hydrogens (tertiary/aromatic N) is 2. The molecule has 1 N–H and O–H groups in total. The summed E-state index contributed by atoms with van der Waals surface area (Å²) in [6.07, 6.45) is 0.536. The van der Waals surface area contributed by atoms with E-state index < -0.39 is 9.84 Å². The van der Waals surface area contributed by atoms with Gasteiger partial charge in [0.05, 0.1) is 18.1 Å². The topological polar surface area (TPSA) is 69.7 Å². The Balaban J connectivity index is 1.48. The Kier molecular flexibility index (Phi) is 5.34. The summed E-state index contributed by atoms with van der Waals surface area (Å²) >= 11 is 0. The summed E-state index contributed by atoms with van der Waals surface area (Å²) in [5.41, 5.74) is 3.89. The van der Waals surface area contributed by atoms with Gasteiger partial charge in [-0.2, -0.15) is 0 Å². The van der Waals surface area contributed by atoms with Crippen LogP contribution in [0, 0.1) is 13.8 Å². The average molecular weight is 365 g/mol. The first-order chi connectivity index (χ1) is 11.8. The molecule has 2 aliphatic rings. The van der Waals surface area contributed by atoms with E-state index in [9.17, 15) is 13.2 Å². The smallest absolute Gasteiger partial charge is 0.234 e. The zero-order valence-electron chi connectivity index (χ0n) is 15.0. The lowest BCUT2D eigenvalue weighted by Gasteiger charge is -2.36. The number of benzene rings is 1. The molecule has 2 saturated heterocycles. The molecular weight excluding hydrogens is 338 g/mol. The number of hydrogen-bond acceptors (Lipinski definition) is 5. The maximum absolute atomic E-state index is 12.2. The van der Waals surface area contributed by atoms with E-state index >= 15 is 0 Å². The lowest BCUT2D eigenvalue weighted by atomic mass is 10.1. The minimum Gasteiger partial charge on any atom is -0.369 e. The van der Waals surface area contributed by atoms with Crippen molar-refractivity contribution in [3.8, 4) is 0 Å². The molecule has 0 radical (unpaired) electrons. The summed E-state index contributed by atoms with van der Waals surface area (Å²) in [4.78, 5) is 16.7. The molecule has 0 aliphatic carbocycles. The number of aryl methyl sites for hydroxylation is 1. The van der Waals surface area contributed by atoms with E-state index in [1.807, 2.05) is 0 Å². The summed E-state index contributed by atoms with van der Waals surface area (Å²) in [7, 11) is -2.95. The predicted octanol–water partition coefficient (Wildman–Crippen LogP) is 0.729. The molecule has 0 bridgehead atoms. The molecule has 7 heteroatoms. The van der Waals surface area contributed by atoms with Crippen molar-refractivity contribution >= 4 is 21.4 Å². The van der Waals surface area contributed by atoms with E-state index in [1.165, 1.54) is 16.8 Å². The van der Waals surface area contributed by atoms with Gasteiger partial charge in [0.1, 0.15) is 0 Å². The highest BCUT2D eigenvalue weighted by Gasteiger charge is 2.29. The SMILES string of the molecule is Cc1cccc(N2CCN(CC(=O)N[C@H]3CCS(=O)(=O)C3)CC2)c1C. The van der Waals surface area contributed by atoms with E-state index in [-0.39, 0.29) is 23.5 Å². The van der Waals surface area contributed by atoms with Crippen molar-refractivity contribution in [1.29, 1.82) is 0 Å². The first-order valence-corrected chi connectivity index (χ1v) is 10.7. The van der Waals surface area contributed by atoms with Crippen LogP contribution in [0.4, 0.5) is 5.69 Å². The predicted molar refractivity (Wildman–Crippen MR) is 99.8 cm³/mol. The van der Waals surface area contributed by atoms with Gasteiger partial charge in [0.15, 0.2) is 9.84 Å². The van der Waals surface area contributed by atoms with Gasteiger partial charge >= 0.3 is 0 Å². The zero-order valence-corrected chi connectivity index (χ0v) is 15.8. The summed E-state index contributed by atoms with van der Waals surface area (Å²) in [6, 6.07) is 6.16. The maximum Gasteiger partial charge on any atom is 0.234 e. The zero-order chi connectivity index (χ0) is 18.0. The fourth-order valence-corrected chi connectivity index (χ4v) is 5.28. The number of piperazine rings is 1. The second-order valence-electron chi connectivity index (χ2n) is 7.15.